The molecule has 1 heterocycles. The van der Waals surface area contributed by atoms with Crippen molar-refractivity contribution < 1.29 is 9.05 Å². The molecule has 96 valence electrons. The summed E-state index contributed by atoms with van der Waals surface area (Å²) in [5.41, 5.74) is -0.126. The lowest BCUT2D eigenvalue weighted by Crippen LogP contribution is -2.43. The first-order valence-corrected chi connectivity index (χ1v) is 9.55. The van der Waals surface area contributed by atoms with Crippen LogP contribution < -0.4 is 5.09 Å². The molecule has 0 amide bonds. The molecule has 0 unspecified atom stereocenters. The van der Waals surface area contributed by atoms with Gasteiger partial charge in [-0.2, -0.15) is 0 Å². The van der Waals surface area contributed by atoms with E-state index in [4.69, 9.17) is 31.5 Å². The van der Waals surface area contributed by atoms with Gasteiger partial charge in [0.15, 0.2) is 0 Å². The zero-order chi connectivity index (χ0) is 12.4. The second-order valence-electron chi connectivity index (χ2n) is 5.46. The smallest absolute Gasteiger partial charge is 0.261 e. The van der Waals surface area contributed by atoms with E-state index in [1.165, 1.54) is 11.0 Å². The van der Waals surface area contributed by atoms with E-state index in [2.05, 4.69) is 18.9 Å². The predicted octanol–water partition coefficient (Wildman–Crippen LogP) is 3.54. The summed E-state index contributed by atoms with van der Waals surface area (Å²) < 4.78 is 11.4. The molecule has 3 nitrogen and oxygen atoms in total. The lowest BCUT2D eigenvalue weighted by atomic mass is 9.97. The highest BCUT2D eigenvalue weighted by Gasteiger charge is 2.36. The van der Waals surface area contributed by atoms with Crippen LogP contribution in [-0.4, -0.2) is 24.5 Å². The molecule has 0 saturated carbocycles. The molecule has 0 aliphatic carbocycles. The largest absolute Gasteiger partial charge is 0.317 e. The Hall–Kier alpha value is 1.17. The van der Waals surface area contributed by atoms with Crippen molar-refractivity contribution in [3.05, 3.63) is 0 Å². The van der Waals surface area contributed by atoms with E-state index < -0.39 is 6.64 Å². The maximum Gasteiger partial charge on any atom is 0.261 e. The van der Waals surface area contributed by atoms with Crippen LogP contribution in [0.3, 0.4) is 0 Å². The molecule has 0 radical (unpaired) electrons. The van der Waals surface area contributed by atoms with Gasteiger partial charge in [-0.3, -0.25) is 0 Å². The average Bonchev–Trinajstić information content (AvgIpc) is 2.10. The van der Waals surface area contributed by atoms with Gasteiger partial charge in [0.05, 0.1) is 13.2 Å². The first-order chi connectivity index (χ1) is 7.18. The first-order valence-electron chi connectivity index (χ1n) is 5.10. The van der Waals surface area contributed by atoms with Crippen LogP contribution in [0.25, 0.3) is 0 Å². The van der Waals surface area contributed by atoms with Crippen molar-refractivity contribution in [1.82, 2.24) is 5.09 Å². The second kappa shape index (κ2) is 5.43. The molecule has 0 atom stereocenters. The fraction of sp³-hybridized carbons (Fsp3) is 1.00. The van der Waals surface area contributed by atoms with Gasteiger partial charge in [-0.25, -0.2) is 5.09 Å². The van der Waals surface area contributed by atoms with E-state index in [1.54, 1.807) is 0 Å². The highest BCUT2D eigenvalue weighted by atomic mass is 35.7. The van der Waals surface area contributed by atoms with Gasteiger partial charge in [-0.05, 0) is 36.3 Å². The normalized spacial score (nSPS) is 24.3. The summed E-state index contributed by atoms with van der Waals surface area (Å²) in [6, 6.07) is 0. The molecule has 16 heavy (non-hydrogen) atoms. The summed E-state index contributed by atoms with van der Waals surface area (Å²) in [6.45, 7) is 7.24. The molecule has 1 N–H and O–H groups in total. The van der Waals surface area contributed by atoms with Crippen LogP contribution in [0.15, 0.2) is 0 Å². The number of hydrogen-bond acceptors (Lipinski definition) is 4. The Kier molecular flexibility index (Phi) is 5.17. The summed E-state index contributed by atoms with van der Waals surface area (Å²) in [5, 5.41) is 3.29. The van der Waals surface area contributed by atoms with Crippen LogP contribution in [-0.2, 0) is 20.9 Å². The molecule has 1 saturated heterocycles. The molecule has 1 aliphatic rings. The van der Waals surface area contributed by atoms with E-state index >= 15 is 0 Å². The molecule has 0 aromatic carbocycles. The van der Waals surface area contributed by atoms with Crippen LogP contribution in [0.4, 0.5) is 0 Å². The second-order valence-corrected chi connectivity index (χ2v) is 9.80. The summed E-state index contributed by atoms with van der Waals surface area (Å²) >= 11 is 5.42. The third kappa shape index (κ3) is 4.81. The van der Waals surface area contributed by atoms with E-state index in [1.807, 2.05) is 13.8 Å². The van der Waals surface area contributed by atoms with E-state index in [9.17, 15) is 0 Å². The fourth-order valence-corrected chi connectivity index (χ4v) is 5.59. The van der Waals surface area contributed by atoms with Crippen molar-refractivity contribution in [3.8, 4) is 0 Å². The Bertz CT molecular complexity index is 285. The van der Waals surface area contributed by atoms with Crippen molar-refractivity contribution in [1.29, 1.82) is 0 Å². The standard InChI is InChI=1S/C9H19ClNO2PS2/c1-8(2)5-12-14(15,13-6-8)11-9(3,4)7-16-10/h5-7H2,1-4H3,(H,11,15). The molecule has 0 bridgehead atoms. The topological polar surface area (TPSA) is 30.5 Å². The van der Waals surface area contributed by atoms with Crippen molar-refractivity contribution in [3.63, 3.8) is 0 Å². The molecule has 0 aromatic rings. The third-order valence-electron chi connectivity index (χ3n) is 2.11. The molecule has 0 spiro atoms. The zero-order valence-corrected chi connectivity index (χ0v) is 13.4. The minimum atomic E-state index is -2.33. The molecule has 1 rings (SSSR count). The van der Waals surface area contributed by atoms with Gasteiger partial charge < -0.3 is 9.05 Å². The summed E-state index contributed by atoms with van der Waals surface area (Å²) in [4.78, 5) is 0. The van der Waals surface area contributed by atoms with Gasteiger partial charge in [0.25, 0.3) is 6.64 Å². The highest BCUT2D eigenvalue weighted by molar-refractivity contribution is 8.21. The van der Waals surface area contributed by atoms with Crippen molar-refractivity contribution in [2.75, 3.05) is 19.0 Å². The van der Waals surface area contributed by atoms with Gasteiger partial charge in [-0.1, -0.05) is 24.8 Å². The van der Waals surface area contributed by atoms with E-state index in [0.29, 0.717) is 13.2 Å². The third-order valence-corrected chi connectivity index (χ3v) is 5.99. The van der Waals surface area contributed by atoms with Crippen LogP contribution in [0.1, 0.15) is 27.7 Å². The molecule has 1 aliphatic heterocycles. The van der Waals surface area contributed by atoms with Crippen molar-refractivity contribution in [2.45, 2.75) is 33.2 Å². The maximum absolute atomic E-state index is 5.70. The van der Waals surface area contributed by atoms with Gasteiger partial charge >= 0.3 is 0 Å². The number of hydrogen-bond donors (Lipinski definition) is 1. The van der Waals surface area contributed by atoms with Crippen molar-refractivity contribution in [2.24, 2.45) is 5.41 Å². The molecular weight excluding hydrogens is 285 g/mol. The molecule has 1 fully saturated rings. The maximum atomic E-state index is 5.70. The molecule has 0 aromatic heterocycles. The fourth-order valence-electron chi connectivity index (χ4n) is 1.20. The lowest BCUT2D eigenvalue weighted by Gasteiger charge is -2.40. The Labute approximate surface area is 112 Å². The minimum Gasteiger partial charge on any atom is -0.317 e. The van der Waals surface area contributed by atoms with Crippen LogP contribution in [0.2, 0.25) is 0 Å². The Balaban J connectivity index is 2.58. The van der Waals surface area contributed by atoms with Gasteiger partial charge in [0, 0.05) is 16.7 Å². The summed E-state index contributed by atoms with van der Waals surface area (Å²) in [7, 11) is 6.93. The summed E-state index contributed by atoms with van der Waals surface area (Å²) in [6.07, 6.45) is 0. The lowest BCUT2D eigenvalue weighted by molar-refractivity contribution is 0.0544. The van der Waals surface area contributed by atoms with Crippen LogP contribution >= 0.6 is 28.3 Å². The quantitative estimate of drug-likeness (QED) is 0.803. The van der Waals surface area contributed by atoms with Crippen LogP contribution in [0.5, 0.6) is 0 Å². The summed E-state index contributed by atoms with van der Waals surface area (Å²) in [5.74, 6) is 0.753. The number of nitrogens with one attached hydrogen (secondary N) is 1. The van der Waals surface area contributed by atoms with E-state index in [0.717, 1.165) is 5.75 Å². The minimum absolute atomic E-state index is 0.0510. The predicted molar refractivity (Wildman–Crippen MR) is 75.5 cm³/mol. The van der Waals surface area contributed by atoms with Gasteiger partial charge in [-0.15, -0.1) is 0 Å². The Morgan fingerprint density at radius 2 is 1.94 bits per heavy atom. The monoisotopic (exact) mass is 303 g/mol. The Morgan fingerprint density at radius 3 is 2.38 bits per heavy atom. The van der Waals surface area contributed by atoms with Gasteiger partial charge in [0.2, 0.25) is 0 Å². The van der Waals surface area contributed by atoms with Gasteiger partial charge in [0.1, 0.15) is 0 Å². The Morgan fingerprint density at radius 1 is 1.44 bits per heavy atom. The highest BCUT2D eigenvalue weighted by Crippen LogP contribution is 2.52. The molecule has 7 heteroatoms. The molecular formula is C9H19ClNO2PS2. The zero-order valence-electron chi connectivity index (χ0n) is 10.1. The van der Waals surface area contributed by atoms with Crippen LogP contribution in [0, 0.1) is 5.41 Å². The SMILES string of the molecule is CC1(C)COP(=S)(NC(C)(C)CSCl)OC1. The number of rotatable bonds is 4. The van der Waals surface area contributed by atoms with E-state index in [-0.39, 0.29) is 11.0 Å². The number of halogens is 1. The average molecular weight is 304 g/mol. The van der Waals surface area contributed by atoms with Crippen molar-refractivity contribution >= 4 is 40.1 Å². The first kappa shape index (κ1) is 15.2.